The second-order valence-corrected chi connectivity index (χ2v) is 12.5. The van der Waals surface area contributed by atoms with Crippen molar-refractivity contribution in [2.75, 3.05) is 24.5 Å². The number of sulfonamides is 1. The van der Waals surface area contributed by atoms with E-state index < -0.39 is 28.5 Å². The summed E-state index contributed by atoms with van der Waals surface area (Å²) in [7, 11) is -2.71. The number of hydrogen-bond acceptors (Lipinski definition) is 5. The molecule has 1 atom stereocenters. The van der Waals surface area contributed by atoms with Gasteiger partial charge in [-0.15, -0.1) is 0 Å². The summed E-state index contributed by atoms with van der Waals surface area (Å²) in [6, 6.07) is 18.3. The highest BCUT2D eigenvalue weighted by molar-refractivity contribution is 7.92. The first-order valence-electron chi connectivity index (χ1n) is 13.2. The molecule has 0 aliphatic heterocycles. The van der Waals surface area contributed by atoms with Crippen molar-refractivity contribution < 1.29 is 22.7 Å². The average Bonchev–Trinajstić information content (AvgIpc) is 2.96. The number of hydrogen-bond donors (Lipinski definition) is 1. The molecule has 8 nitrogen and oxygen atoms in total. The van der Waals surface area contributed by atoms with Crippen molar-refractivity contribution in [2.45, 2.75) is 44.7 Å². The molecule has 0 spiro atoms. The van der Waals surface area contributed by atoms with Crippen molar-refractivity contribution in [2.24, 2.45) is 5.92 Å². The Balaban J connectivity index is 2.06. The van der Waals surface area contributed by atoms with Crippen LogP contribution >= 0.6 is 23.2 Å². The Morgan fingerprint density at radius 2 is 1.54 bits per heavy atom. The lowest BCUT2D eigenvalue weighted by Gasteiger charge is -2.33. The smallest absolute Gasteiger partial charge is 0.264 e. The minimum Gasteiger partial charge on any atom is -0.497 e. The van der Waals surface area contributed by atoms with Gasteiger partial charge in [-0.05, 0) is 60.9 Å². The fourth-order valence-electron chi connectivity index (χ4n) is 4.19. The Kier molecular flexibility index (Phi) is 11.5. The standard InChI is InChI=1S/C30H35Cl2N3O5S/c1-5-28(30(37)33-18-21(2)3)34(19-25-26(31)12-9-13-27(25)32)29(36)20-35(22-10-7-6-8-11-22)41(38,39)24-16-14-23(40-4)15-17-24/h6-17,21,28H,5,18-20H2,1-4H3,(H,33,37)/t28-/m1/s1. The highest BCUT2D eigenvalue weighted by Gasteiger charge is 2.34. The molecule has 3 rings (SSSR count). The summed E-state index contributed by atoms with van der Waals surface area (Å²) in [6.45, 7) is 5.50. The molecule has 0 heterocycles. The molecular weight excluding hydrogens is 585 g/mol. The van der Waals surface area contributed by atoms with E-state index in [9.17, 15) is 18.0 Å². The van der Waals surface area contributed by atoms with Gasteiger partial charge in [-0.25, -0.2) is 8.42 Å². The minimum absolute atomic E-state index is 0.0163. The number of benzene rings is 3. The molecule has 3 aromatic carbocycles. The Hall–Kier alpha value is -3.27. The zero-order valence-corrected chi connectivity index (χ0v) is 25.8. The van der Waals surface area contributed by atoms with Crippen LogP contribution in [0.15, 0.2) is 77.7 Å². The number of amides is 2. The van der Waals surface area contributed by atoms with E-state index in [2.05, 4.69) is 5.32 Å². The number of nitrogens with one attached hydrogen (secondary N) is 1. The number of carbonyl (C=O) groups excluding carboxylic acids is 2. The summed E-state index contributed by atoms with van der Waals surface area (Å²) < 4.78 is 34.0. The predicted molar refractivity (Wildman–Crippen MR) is 163 cm³/mol. The van der Waals surface area contributed by atoms with E-state index in [-0.39, 0.29) is 29.7 Å². The topological polar surface area (TPSA) is 96.0 Å². The summed E-state index contributed by atoms with van der Waals surface area (Å²) in [4.78, 5) is 28.7. The number of anilines is 1. The number of nitrogens with zero attached hydrogens (tertiary/aromatic N) is 2. The quantitative estimate of drug-likeness (QED) is 0.262. The van der Waals surface area contributed by atoms with E-state index in [1.807, 2.05) is 13.8 Å². The van der Waals surface area contributed by atoms with E-state index in [0.29, 0.717) is 33.6 Å². The summed E-state index contributed by atoms with van der Waals surface area (Å²) in [6.07, 6.45) is 0.286. The Morgan fingerprint density at radius 1 is 0.927 bits per heavy atom. The van der Waals surface area contributed by atoms with Gasteiger partial charge < -0.3 is 15.0 Å². The van der Waals surface area contributed by atoms with E-state index in [4.69, 9.17) is 27.9 Å². The van der Waals surface area contributed by atoms with Gasteiger partial charge in [0.2, 0.25) is 11.8 Å². The maximum atomic E-state index is 14.1. The largest absolute Gasteiger partial charge is 0.497 e. The van der Waals surface area contributed by atoms with Crippen molar-refractivity contribution in [1.29, 1.82) is 0 Å². The molecule has 0 saturated carbocycles. The molecule has 0 radical (unpaired) electrons. The zero-order chi connectivity index (χ0) is 30.2. The third-order valence-electron chi connectivity index (χ3n) is 6.43. The number of halogens is 2. The van der Waals surface area contributed by atoms with Crippen LogP contribution in [0.5, 0.6) is 5.75 Å². The lowest BCUT2D eigenvalue weighted by atomic mass is 10.1. The van der Waals surface area contributed by atoms with Gasteiger partial charge >= 0.3 is 0 Å². The number of para-hydroxylation sites is 1. The maximum Gasteiger partial charge on any atom is 0.264 e. The lowest BCUT2D eigenvalue weighted by molar-refractivity contribution is -0.140. The fourth-order valence-corrected chi connectivity index (χ4v) is 6.12. The molecular formula is C30H35Cl2N3O5S. The molecule has 0 unspecified atom stereocenters. The van der Waals surface area contributed by atoms with Crippen LogP contribution in [0.25, 0.3) is 0 Å². The van der Waals surface area contributed by atoms with Crippen molar-refractivity contribution in [3.8, 4) is 5.75 Å². The maximum absolute atomic E-state index is 14.1. The van der Waals surface area contributed by atoms with Crippen LogP contribution < -0.4 is 14.4 Å². The molecule has 3 aromatic rings. The first-order valence-corrected chi connectivity index (χ1v) is 15.4. The number of rotatable bonds is 13. The Labute approximate surface area is 252 Å². The molecule has 1 N–H and O–H groups in total. The molecule has 0 saturated heterocycles. The molecule has 0 aliphatic rings. The molecule has 0 fully saturated rings. The first kappa shape index (κ1) is 32.2. The average molecular weight is 621 g/mol. The number of methoxy groups -OCH3 is 1. The molecule has 220 valence electrons. The van der Waals surface area contributed by atoms with Crippen LogP contribution in [-0.4, -0.2) is 51.4 Å². The minimum atomic E-state index is -4.19. The van der Waals surface area contributed by atoms with Gasteiger partial charge in [0, 0.05) is 28.7 Å². The van der Waals surface area contributed by atoms with Crippen LogP contribution in [0.1, 0.15) is 32.8 Å². The van der Waals surface area contributed by atoms with Crippen LogP contribution in [0.4, 0.5) is 5.69 Å². The monoisotopic (exact) mass is 619 g/mol. The number of ether oxygens (including phenoxy) is 1. The fraction of sp³-hybridized carbons (Fsp3) is 0.333. The van der Waals surface area contributed by atoms with Gasteiger partial charge in [0.1, 0.15) is 18.3 Å². The molecule has 0 bridgehead atoms. The number of carbonyl (C=O) groups is 2. The summed E-state index contributed by atoms with van der Waals surface area (Å²) >= 11 is 12.9. The van der Waals surface area contributed by atoms with Crippen molar-refractivity contribution in [1.82, 2.24) is 10.2 Å². The van der Waals surface area contributed by atoms with Crippen LogP contribution in [0.3, 0.4) is 0 Å². The SMILES string of the molecule is CC[C@H](C(=O)NCC(C)C)N(Cc1c(Cl)cccc1Cl)C(=O)CN(c1ccccc1)S(=O)(=O)c1ccc(OC)cc1. The van der Waals surface area contributed by atoms with Crippen molar-refractivity contribution in [3.63, 3.8) is 0 Å². The van der Waals surface area contributed by atoms with Crippen LogP contribution in [0.2, 0.25) is 10.0 Å². The van der Waals surface area contributed by atoms with E-state index in [1.165, 1.54) is 36.3 Å². The van der Waals surface area contributed by atoms with Gasteiger partial charge in [-0.2, -0.15) is 0 Å². The summed E-state index contributed by atoms with van der Waals surface area (Å²) in [5.74, 6) is -0.246. The zero-order valence-electron chi connectivity index (χ0n) is 23.5. The van der Waals surface area contributed by atoms with Crippen molar-refractivity contribution >= 4 is 50.7 Å². The predicted octanol–water partition coefficient (Wildman–Crippen LogP) is 5.78. The lowest BCUT2D eigenvalue weighted by Crippen LogP contribution is -2.52. The highest BCUT2D eigenvalue weighted by atomic mass is 35.5. The molecule has 0 aromatic heterocycles. The highest BCUT2D eigenvalue weighted by Crippen LogP contribution is 2.29. The molecule has 41 heavy (non-hydrogen) atoms. The summed E-state index contributed by atoms with van der Waals surface area (Å²) in [5.41, 5.74) is 0.758. The van der Waals surface area contributed by atoms with E-state index in [1.54, 1.807) is 55.5 Å². The van der Waals surface area contributed by atoms with Gasteiger partial charge in [0.05, 0.1) is 17.7 Å². The van der Waals surface area contributed by atoms with Crippen molar-refractivity contribution in [3.05, 3.63) is 88.4 Å². The van der Waals surface area contributed by atoms with Gasteiger partial charge in [-0.3, -0.25) is 13.9 Å². The first-order chi connectivity index (χ1) is 19.5. The summed E-state index contributed by atoms with van der Waals surface area (Å²) in [5, 5.41) is 3.56. The van der Waals surface area contributed by atoms with E-state index in [0.717, 1.165) is 4.31 Å². The normalized spacial score (nSPS) is 12.1. The van der Waals surface area contributed by atoms with Gasteiger partial charge in [0.15, 0.2) is 0 Å². The van der Waals surface area contributed by atoms with Gasteiger partial charge in [-0.1, -0.05) is 68.2 Å². The third kappa shape index (κ3) is 8.15. The van der Waals surface area contributed by atoms with Crippen LogP contribution in [-0.2, 0) is 26.2 Å². The second kappa shape index (κ2) is 14.6. The van der Waals surface area contributed by atoms with Gasteiger partial charge in [0.25, 0.3) is 10.0 Å². The molecule has 0 aliphatic carbocycles. The third-order valence-corrected chi connectivity index (χ3v) is 8.93. The Morgan fingerprint density at radius 3 is 2.07 bits per heavy atom. The van der Waals surface area contributed by atoms with Crippen LogP contribution in [0, 0.1) is 5.92 Å². The van der Waals surface area contributed by atoms with E-state index >= 15 is 0 Å². The molecule has 2 amide bonds. The second-order valence-electron chi connectivity index (χ2n) is 9.81. The molecule has 11 heteroatoms. The Bertz CT molecular complexity index is 1410.